The number of fused-ring (bicyclic) bond motifs is 1. The lowest BCUT2D eigenvalue weighted by Gasteiger charge is -2.11. The van der Waals surface area contributed by atoms with Gasteiger partial charge in [0.1, 0.15) is 0 Å². The Morgan fingerprint density at radius 3 is 2.36 bits per heavy atom. The van der Waals surface area contributed by atoms with Crippen molar-refractivity contribution in [3.8, 4) is 0 Å². The molecule has 0 fully saturated rings. The van der Waals surface area contributed by atoms with Gasteiger partial charge in [0.25, 0.3) is 0 Å². The van der Waals surface area contributed by atoms with Gasteiger partial charge in [-0.15, -0.1) is 11.8 Å². The van der Waals surface area contributed by atoms with Crippen LogP contribution in [-0.2, 0) is 0 Å². The minimum atomic E-state index is -0.137. The highest BCUT2D eigenvalue weighted by atomic mass is 35.5. The van der Waals surface area contributed by atoms with Crippen LogP contribution < -0.4 is 0 Å². The summed E-state index contributed by atoms with van der Waals surface area (Å²) in [5, 5.41) is 2.91. The maximum absolute atomic E-state index is 12.5. The second-order valence-electron chi connectivity index (χ2n) is 5.14. The van der Waals surface area contributed by atoms with Gasteiger partial charge in [-0.1, -0.05) is 41.9 Å². The highest BCUT2D eigenvalue weighted by Gasteiger charge is 2.16. The molecular weight excluding hydrogens is 312 g/mol. The zero-order chi connectivity index (χ0) is 15.5. The number of hydrogen-bond acceptors (Lipinski definition) is 2. The van der Waals surface area contributed by atoms with Gasteiger partial charge in [-0.3, -0.25) is 4.79 Å². The van der Waals surface area contributed by atoms with Gasteiger partial charge >= 0.3 is 0 Å². The van der Waals surface area contributed by atoms with Crippen molar-refractivity contribution in [3.63, 3.8) is 0 Å². The number of carbonyl (C=O) groups excluding carboxylic acids is 1. The van der Waals surface area contributed by atoms with Crippen molar-refractivity contribution in [2.45, 2.75) is 17.1 Å². The van der Waals surface area contributed by atoms with Gasteiger partial charge in [0.05, 0.1) is 5.25 Å². The zero-order valence-electron chi connectivity index (χ0n) is 12.1. The van der Waals surface area contributed by atoms with E-state index in [1.807, 2.05) is 19.1 Å². The molecule has 0 bridgehead atoms. The predicted octanol–water partition coefficient (Wildman–Crippen LogP) is 5.86. The third kappa shape index (κ3) is 3.34. The lowest BCUT2D eigenvalue weighted by atomic mass is 10.1. The zero-order valence-corrected chi connectivity index (χ0v) is 13.7. The molecule has 22 heavy (non-hydrogen) atoms. The van der Waals surface area contributed by atoms with E-state index in [9.17, 15) is 4.79 Å². The lowest BCUT2D eigenvalue weighted by molar-refractivity contribution is 0.0994. The molecule has 0 aliphatic heterocycles. The smallest absolute Gasteiger partial charge is 0.175 e. The summed E-state index contributed by atoms with van der Waals surface area (Å²) in [4.78, 5) is 13.6. The van der Waals surface area contributed by atoms with Crippen molar-refractivity contribution < 1.29 is 4.79 Å². The number of rotatable bonds is 4. The van der Waals surface area contributed by atoms with Crippen LogP contribution in [0.15, 0.2) is 71.6 Å². The number of halogens is 1. The fraction of sp³-hybridized carbons (Fsp3) is 0.105. The van der Waals surface area contributed by atoms with E-state index in [-0.39, 0.29) is 11.0 Å². The number of benzene rings is 3. The third-order valence-corrected chi connectivity index (χ3v) is 4.88. The molecule has 3 aromatic carbocycles. The van der Waals surface area contributed by atoms with Gasteiger partial charge in [0.15, 0.2) is 5.78 Å². The van der Waals surface area contributed by atoms with Crippen LogP contribution in [0.4, 0.5) is 0 Å². The highest BCUT2D eigenvalue weighted by Crippen LogP contribution is 2.28. The maximum Gasteiger partial charge on any atom is 0.175 e. The summed E-state index contributed by atoms with van der Waals surface area (Å²) in [6, 6.07) is 21.6. The molecular formula is C19H15ClOS. The monoisotopic (exact) mass is 326 g/mol. The van der Waals surface area contributed by atoms with E-state index in [1.165, 1.54) is 10.8 Å². The Labute approximate surface area is 139 Å². The van der Waals surface area contributed by atoms with Crippen molar-refractivity contribution >= 4 is 39.9 Å². The standard InChI is InChI=1S/C19H15ClOS/c1-13(19(21)15-6-9-17(20)10-7-15)22-18-11-8-14-4-2-3-5-16(14)12-18/h2-13H,1H3/t13-/m0/s1. The van der Waals surface area contributed by atoms with Crippen molar-refractivity contribution in [1.82, 2.24) is 0 Å². The van der Waals surface area contributed by atoms with E-state index in [4.69, 9.17) is 11.6 Å². The van der Waals surface area contributed by atoms with Crippen LogP contribution in [0.5, 0.6) is 0 Å². The van der Waals surface area contributed by atoms with E-state index < -0.39 is 0 Å². The Morgan fingerprint density at radius 1 is 0.955 bits per heavy atom. The second kappa shape index (κ2) is 6.55. The fourth-order valence-electron chi connectivity index (χ4n) is 2.35. The Bertz CT molecular complexity index is 811. The van der Waals surface area contributed by atoms with Gasteiger partial charge in [-0.2, -0.15) is 0 Å². The summed E-state index contributed by atoms with van der Waals surface area (Å²) in [6.45, 7) is 1.94. The molecule has 1 atom stereocenters. The molecule has 1 nitrogen and oxygen atoms in total. The average Bonchev–Trinajstić information content (AvgIpc) is 2.55. The molecule has 3 aromatic rings. The van der Waals surface area contributed by atoms with Crippen LogP contribution in [0.3, 0.4) is 0 Å². The van der Waals surface area contributed by atoms with Gasteiger partial charge in [0, 0.05) is 15.5 Å². The molecule has 0 saturated carbocycles. The first-order valence-corrected chi connectivity index (χ1v) is 8.34. The Morgan fingerprint density at radius 2 is 1.64 bits per heavy atom. The fourth-order valence-corrected chi connectivity index (χ4v) is 3.47. The van der Waals surface area contributed by atoms with E-state index in [2.05, 4.69) is 30.3 Å². The Hall–Kier alpha value is -1.77. The van der Waals surface area contributed by atoms with Gasteiger partial charge in [-0.25, -0.2) is 0 Å². The summed E-state index contributed by atoms with van der Waals surface area (Å²) >= 11 is 7.45. The summed E-state index contributed by atoms with van der Waals surface area (Å²) in [6.07, 6.45) is 0. The van der Waals surface area contributed by atoms with E-state index in [1.54, 1.807) is 36.0 Å². The van der Waals surface area contributed by atoms with Gasteiger partial charge in [0.2, 0.25) is 0 Å². The summed E-state index contributed by atoms with van der Waals surface area (Å²) in [5.74, 6) is 0.120. The van der Waals surface area contributed by atoms with Gasteiger partial charge in [-0.05, 0) is 54.1 Å². The van der Waals surface area contributed by atoms with Crippen LogP contribution in [-0.4, -0.2) is 11.0 Å². The SMILES string of the molecule is C[C@H](Sc1ccc2ccccc2c1)C(=O)c1ccc(Cl)cc1. The molecule has 110 valence electrons. The van der Waals surface area contributed by atoms with Crippen LogP contribution in [0.1, 0.15) is 17.3 Å². The minimum absolute atomic E-state index is 0.120. The quantitative estimate of drug-likeness (QED) is 0.441. The van der Waals surface area contributed by atoms with Crippen molar-refractivity contribution in [1.29, 1.82) is 0 Å². The number of Topliss-reactive ketones (excluding diaryl/α,β-unsaturated/α-hetero) is 1. The molecule has 3 rings (SSSR count). The molecule has 0 aliphatic carbocycles. The third-order valence-electron chi connectivity index (χ3n) is 3.53. The van der Waals surface area contributed by atoms with Crippen LogP contribution in [0, 0.1) is 0 Å². The molecule has 0 aromatic heterocycles. The first-order valence-electron chi connectivity index (χ1n) is 7.09. The number of thioether (sulfide) groups is 1. The largest absolute Gasteiger partial charge is 0.293 e. The van der Waals surface area contributed by atoms with Crippen molar-refractivity contribution in [2.24, 2.45) is 0 Å². The molecule has 0 unspecified atom stereocenters. The Kier molecular flexibility index (Phi) is 4.51. The first-order chi connectivity index (χ1) is 10.6. The predicted molar refractivity (Wildman–Crippen MR) is 95.0 cm³/mol. The summed E-state index contributed by atoms with van der Waals surface area (Å²) in [5.41, 5.74) is 0.699. The topological polar surface area (TPSA) is 17.1 Å². The van der Waals surface area contributed by atoms with E-state index in [0.717, 1.165) is 4.90 Å². The minimum Gasteiger partial charge on any atom is -0.293 e. The van der Waals surface area contributed by atoms with Crippen LogP contribution in [0.2, 0.25) is 5.02 Å². The number of hydrogen-bond donors (Lipinski definition) is 0. The molecule has 0 heterocycles. The van der Waals surface area contributed by atoms with E-state index >= 15 is 0 Å². The molecule has 0 saturated heterocycles. The number of carbonyl (C=O) groups is 1. The maximum atomic E-state index is 12.5. The number of ketones is 1. The van der Waals surface area contributed by atoms with Crippen molar-refractivity contribution in [3.05, 3.63) is 77.3 Å². The second-order valence-corrected chi connectivity index (χ2v) is 6.99. The first kappa shape index (κ1) is 15.1. The summed E-state index contributed by atoms with van der Waals surface area (Å²) in [7, 11) is 0. The molecule has 0 amide bonds. The molecule has 0 radical (unpaired) electrons. The van der Waals surface area contributed by atoms with Crippen LogP contribution in [0.25, 0.3) is 10.8 Å². The van der Waals surface area contributed by atoms with Gasteiger partial charge < -0.3 is 0 Å². The Balaban J connectivity index is 1.78. The van der Waals surface area contributed by atoms with E-state index in [0.29, 0.717) is 10.6 Å². The lowest BCUT2D eigenvalue weighted by Crippen LogP contribution is -2.13. The average molecular weight is 327 g/mol. The van der Waals surface area contributed by atoms with Crippen molar-refractivity contribution in [2.75, 3.05) is 0 Å². The molecule has 0 aliphatic rings. The molecule has 0 spiro atoms. The highest BCUT2D eigenvalue weighted by molar-refractivity contribution is 8.00. The summed E-state index contributed by atoms with van der Waals surface area (Å²) < 4.78 is 0. The molecule has 3 heteroatoms. The molecule has 0 N–H and O–H groups in total. The normalized spacial score (nSPS) is 12.3. The van der Waals surface area contributed by atoms with Crippen LogP contribution >= 0.6 is 23.4 Å².